The van der Waals surface area contributed by atoms with Crippen molar-refractivity contribution in [1.29, 1.82) is 0 Å². The van der Waals surface area contributed by atoms with Crippen LogP contribution >= 0.6 is 0 Å². The Kier molecular flexibility index (Phi) is 6.88. The Hall–Kier alpha value is -2.33. The largest absolute Gasteiger partial charge is 0.494 e. The number of nitrogens with two attached hydrogens (primary N) is 1. The van der Waals surface area contributed by atoms with E-state index in [9.17, 15) is 4.79 Å². The zero-order chi connectivity index (χ0) is 19.1. The highest BCUT2D eigenvalue weighted by Gasteiger charge is 2.34. The highest BCUT2D eigenvalue weighted by atomic mass is 16.5. The molecule has 2 aromatic carbocycles. The van der Waals surface area contributed by atoms with Gasteiger partial charge in [-0.25, -0.2) is 0 Å². The molecule has 1 saturated heterocycles. The Morgan fingerprint density at radius 2 is 1.85 bits per heavy atom. The van der Waals surface area contributed by atoms with Crippen molar-refractivity contribution in [2.24, 2.45) is 11.7 Å². The van der Waals surface area contributed by atoms with Crippen molar-refractivity contribution in [1.82, 2.24) is 4.90 Å². The zero-order valence-corrected chi connectivity index (χ0v) is 16.1. The molecule has 0 unspecified atom stereocenters. The first-order chi connectivity index (χ1) is 13.2. The first kappa shape index (κ1) is 19.4. The first-order valence-electron chi connectivity index (χ1n) is 9.95. The lowest BCUT2D eigenvalue weighted by Crippen LogP contribution is -2.30. The maximum Gasteiger partial charge on any atom is 0.222 e. The van der Waals surface area contributed by atoms with Crippen LogP contribution in [-0.4, -0.2) is 37.0 Å². The summed E-state index contributed by atoms with van der Waals surface area (Å²) in [6.45, 7) is 4.98. The van der Waals surface area contributed by atoms with Gasteiger partial charge in [-0.15, -0.1) is 0 Å². The van der Waals surface area contributed by atoms with Gasteiger partial charge < -0.3 is 15.4 Å². The van der Waals surface area contributed by atoms with Crippen LogP contribution in [0.5, 0.6) is 5.75 Å². The number of hydrogen-bond donors (Lipinski definition) is 1. The van der Waals surface area contributed by atoms with E-state index in [1.807, 2.05) is 23.1 Å². The van der Waals surface area contributed by atoms with Gasteiger partial charge in [0.15, 0.2) is 0 Å². The maximum atomic E-state index is 12.7. The Labute approximate surface area is 162 Å². The second kappa shape index (κ2) is 9.56. The van der Waals surface area contributed by atoms with E-state index in [1.54, 1.807) is 0 Å². The molecule has 0 spiro atoms. The molecule has 0 aromatic heterocycles. The monoisotopic (exact) mass is 366 g/mol. The van der Waals surface area contributed by atoms with E-state index in [1.165, 1.54) is 11.1 Å². The van der Waals surface area contributed by atoms with Crippen molar-refractivity contribution in [2.45, 2.75) is 32.1 Å². The van der Waals surface area contributed by atoms with Crippen molar-refractivity contribution in [3.8, 4) is 5.75 Å². The number of aryl methyl sites for hydroxylation is 1. The van der Waals surface area contributed by atoms with Crippen molar-refractivity contribution in [3.05, 3.63) is 65.7 Å². The van der Waals surface area contributed by atoms with E-state index in [-0.39, 0.29) is 5.91 Å². The van der Waals surface area contributed by atoms with Crippen molar-refractivity contribution < 1.29 is 9.53 Å². The summed E-state index contributed by atoms with van der Waals surface area (Å²) in [5, 5.41) is 0. The lowest BCUT2D eigenvalue weighted by molar-refractivity contribution is -0.130. The Balaban J connectivity index is 1.54. The maximum absolute atomic E-state index is 12.7. The molecule has 27 heavy (non-hydrogen) atoms. The minimum atomic E-state index is 0.221. The van der Waals surface area contributed by atoms with Crippen LogP contribution in [0.15, 0.2) is 54.6 Å². The number of nitrogens with zero attached hydrogens (tertiary/aromatic N) is 1. The number of carbonyl (C=O) groups is 1. The van der Waals surface area contributed by atoms with Gasteiger partial charge in [0.25, 0.3) is 0 Å². The van der Waals surface area contributed by atoms with Gasteiger partial charge >= 0.3 is 0 Å². The summed E-state index contributed by atoms with van der Waals surface area (Å²) in [7, 11) is 0. The highest BCUT2D eigenvalue weighted by Crippen LogP contribution is 2.32. The summed E-state index contributed by atoms with van der Waals surface area (Å²) in [5.41, 5.74) is 8.44. The average Bonchev–Trinajstić information content (AvgIpc) is 3.16. The fourth-order valence-electron chi connectivity index (χ4n) is 3.77. The van der Waals surface area contributed by atoms with Crippen molar-refractivity contribution in [3.63, 3.8) is 0 Å². The quantitative estimate of drug-likeness (QED) is 0.776. The third-order valence-corrected chi connectivity index (χ3v) is 5.35. The van der Waals surface area contributed by atoms with Crippen LogP contribution in [0.3, 0.4) is 0 Å². The molecular formula is C23H30N2O2. The lowest BCUT2D eigenvalue weighted by Gasteiger charge is -2.17. The molecule has 2 atom stereocenters. The second-order valence-corrected chi connectivity index (χ2v) is 7.30. The summed E-state index contributed by atoms with van der Waals surface area (Å²) in [4.78, 5) is 14.7. The van der Waals surface area contributed by atoms with Gasteiger partial charge in [-0.3, -0.25) is 4.79 Å². The van der Waals surface area contributed by atoms with E-state index in [4.69, 9.17) is 10.5 Å². The van der Waals surface area contributed by atoms with E-state index in [0.29, 0.717) is 24.8 Å². The van der Waals surface area contributed by atoms with Crippen LogP contribution < -0.4 is 10.5 Å². The lowest BCUT2D eigenvalue weighted by atomic mass is 9.89. The minimum Gasteiger partial charge on any atom is -0.494 e. The topological polar surface area (TPSA) is 55.6 Å². The molecule has 1 amide bonds. The molecule has 4 heteroatoms. The Bertz CT molecular complexity index is 715. The fourth-order valence-corrected chi connectivity index (χ4v) is 3.77. The molecule has 1 aliphatic heterocycles. The van der Waals surface area contributed by atoms with Crippen LogP contribution in [-0.2, 0) is 11.2 Å². The summed E-state index contributed by atoms with van der Waals surface area (Å²) in [5.74, 6) is 1.79. The molecule has 1 fully saturated rings. The van der Waals surface area contributed by atoms with Gasteiger partial charge in [0.1, 0.15) is 5.75 Å². The van der Waals surface area contributed by atoms with E-state index < -0.39 is 0 Å². The molecule has 2 aromatic rings. The molecule has 2 N–H and O–H groups in total. The SMILES string of the molecule is CCCOc1ccc(CCC(=O)N2C[C@@H](CN)[C@H](c3ccccc3)C2)cc1. The van der Waals surface area contributed by atoms with E-state index in [2.05, 4.69) is 43.3 Å². The van der Waals surface area contributed by atoms with Crippen molar-refractivity contribution >= 4 is 5.91 Å². The Morgan fingerprint density at radius 3 is 2.52 bits per heavy atom. The molecule has 4 nitrogen and oxygen atoms in total. The number of rotatable bonds is 8. The van der Waals surface area contributed by atoms with E-state index in [0.717, 1.165) is 38.3 Å². The molecular weight excluding hydrogens is 336 g/mol. The molecule has 144 valence electrons. The number of hydrogen-bond acceptors (Lipinski definition) is 3. The molecule has 0 radical (unpaired) electrons. The van der Waals surface area contributed by atoms with Crippen LogP contribution in [0.25, 0.3) is 0 Å². The van der Waals surface area contributed by atoms with Gasteiger partial charge in [-0.05, 0) is 48.6 Å². The minimum absolute atomic E-state index is 0.221. The van der Waals surface area contributed by atoms with Gasteiger partial charge in [-0.2, -0.15) is 0 Å². The molecule has 3 rings (SSSR count). The van der Waals surface area contributed by atoms with Gasteiger partial charge in [0.2, 0.25) is 5.91 Å². The van der Waals surface area contributed by atoms with Gasteiger partial charge in [-0.1, -0.05) is 49.4 Å². The summed E-state index contributed by atoms with van der Waals surface area (Å²) < 4.78 is 5.61. The van der Waals surface area contributed by atoms with Crippen LogP contribution in [0.4, 0.5) is 0 Å². The molecule has 1 heterocycles. The number of likely N-dealkylation sites (tertiary alicyclic amines) is 1. The van der Waals surface area contributed by atoms with Crippen LogP contribution in [0.2, 0.25) is 0 Å². The Morgan fingerprint density at radius 1 is 1.11 bits per heavy atom. The highest BCUT2D eigenvalue weighted by molar-refractivity contribution is 5.77. The normalized spacial score (nSPS) is 19.3. The molecule has 0 saturated carbocycles. The number of carbonyl (C=O) groups excluding carboxylic acids is 1. The smallest absolute Gasteiger partial charge is 0.222 e. The molecule has 0 bridgehead atoms. The third-order valence-electron chi connectivity index (χ3n) is 5.35. The first-order valence-corrected chi connectivity index (χ1v) is 9.95. The summed E-state index contributed by atoms with van der Waals surface area (Å²) in [6, 6.07) is 18.5. The number of amides is 1. The van der Waals surface area contributed by atoms with Crippen LogP contribution in [0.1, 0.15) is 36.8 Å². The van der Waals surface area contributed by atoms with Gasteiger partial charge in [0.05, 0.1) is 6.61 Å². The second-order valence-electron chi connectivity index (χ2n) is 7.30. The third kappa shape index (κ3) is 5.10. The average molecular weight is 367 g/mol. The summed E-state index contributed by atoms with van der Waals surface area (Å²) in [6.07, 6.45) is 2.29. The number of benzene rings is 2. The zero-order valence-electron chi connectivity index (χ0n) is 16.1. The predicted molar refractivity (Wildman–Crippen MR) is 109 cm³/mol. The van der Waals surface area contributed by atoms with Crippen molar-refractivity contribution in [2.75, 3.05) is 26.2 Å². The molecule has 0 aliphatic carbocycles. The fraction of sp³-hybridized carbons (Fsp3) is 0.435. The standard InChI is InChI=1S/C23H30N2O2/c1-2-14-27-21-11-8-18(9-12-21)10-13-23(26)25-16-20(15-24)22(17-25)19-6-4-3-5-7-19/h3-9,11-12,20,22H,2,10,13-17,24H2,1H3/t20-,22+/m1/s1. The van der Waals surface area contributed by atoms with E-state index >= 15 is 0 Å². The van der Waals surface area contributed by atoms with Gasteiger partial charge in [0, 0.05) is 25.4 Å². The summed E-state index contributed by atoms with van der Waals surface area (Å²) >= 11 is 0. The van der Waals surface area contributed by atoms with Crippen LogP contribution in [0, 0.1) is 5.92 Å². The predicted octanol–water partition coefficient (Wildman–Crippen LogP) is 3.61. The molecule has 1 aliphatic rings. The number of ether oxygens (including phenoxy) is 1.